The van der Waals surface area contributed by atoms with Crippen LogP contribution in [0.2, 0.25) is 0 Å². The number of nitro benzene ring substituents is 1. The summed E-state index contributed by atoms with van der Waals surface area (Å²) in [7, 11) is 0. The molecule has 0 aliphatic rings. The number of carbonyl (C=O) groups is 1. The van der Waals surface area contributed by atoms with E-state index < -0.39 is 10.9 Å². The van der Waals surface area contributed by atoms with Crippen molar-refractivity contribution < 1.29 is 14.5 Å². The molecule has 0 spiro atoms. The molecule has 0 saturated heterocycles. The van der Waals surface area contributed by atoms with Crippen LogP contribution in [0.25, 0.3) is 6.08 Å². The van der Waals surface area contributed by atoms with E-state index in [1.165, 1.54) is 12.2 Å². The molecule has 90 valence electrons. The molecule has 0 N–H and O–H groups in total. The normalized spacial score (nSPS) is 10.5. The van der Waals surface area contributed by atoms with Gasteiger partial charge in [-0.3, -0.25) is 10.1 Å². The third-order valence-electron chi connectivity index (χ3n) is 2.14. The molecule has 17 heavy (non-hydrogen) atoms. The van der Waals surface area contributed by atoms with Gasteiger partial charge in [-0.05, 0) is 26.0 Å². The van der Waals surface area contributed by atoms with Crippen LogP contribution < -0.4 is 0 Å². The number of nitrogens with zero attached hydrogens (tertiary/aromatic N) is 1. The Kier molecular flexibility index (Phi) is 4.39. The van der Waals surface area contributed by atoms with E-state index in [2.05, 4.69) is 0 Å². The minimum atomic E-state index is -0.511. The summed E-state index contributed by atoms with van der Waals surface area (Å²) in [4.78, 5) is 21.5. The van der Waals surface area contributed by atoms with Gasteiger partial charge in [0.05, 0.1) is 17.1 Å². The van der Waals surface area contributed by atoms with E-state index in [0.29, 0.717) is 11.1 Å². The Balaban J connectivity index is 3.02. The fourth-order valence-electron chi connectivity index (χ4n) is 1.41. The van der Waals surface area contributed by atoms with E-state index in [9.17, 15) is 14.9 Å². The maximum Gasteiger partial charge on any atom is 0.330 e. The van der Waals surface area contributed by atoms with Crippen LogP contribution in [0.15, 0.2) is 24.3 Å². The highest BCUT2D eigenvalue weighted by Gasteiger charge is 2.14. The summed E-state index contributed by atoms with van der Waals surface area (Å²) < 4.78 is 4.70. The molecule has 0 aromatic heterocycles. The van der Waals surface area contributed by atoms with Gasteiger partial charge in [0.25, 0.3) is 5.69 Å². The number of carbonyl (C=O) groups excluding carboxylic acids is 1. The third-order valence-corrected chi connectivity index (χ3v) is 2.14. The van der Waals surface area contributed by atoms with Crippen LogP contribution in [0.4, 0.5) is 5.69 Å². The number of para-hydroxylation sites is 1. The summed E-state index contributed by atoms with van der Waals surface area (Å²) >= 11 is 0. The summed E-state index contributed by atoms with van der Waals surface area (Å²) in [6.45, 7) is 3.62. The lowest BCUT2D eigenvalue weighted by molar-refractivity contribution is -0.385. The smallest absolute Gasteiger partial charge is 0.330 e. The quantitative estimate of drug-likeness (QED) is 0.348. The Morgan fingerprint density at radius 1 is 1.53 bits per heavy atom. The largest absolute Gasteiger partial charge is 0.463 e. The monoisotopic (exact) mass is 235 g/mol. The number of hydrogen-bond acceptors (Lipinski definition) is 4. The highest BCUT2D eigenvalue weighted by atomic mass is 16.6. The molecule has 0 aliphatic heterocycles. The predicted octanol–water partition coefficient (Wildman–Crippen LogP) is 2.48. The average molecular weight is 235 g/mol. The zero-order valence-electron chi connectivity index (χ0n) is 9.67. The van der Waals surface area contributed by atoms with Gasteiger partial charge in [0, 0.05) is 11.6 Å². The second-order valence-corrected chi connectivity index (χ2v) is 3.36. The summed E-state index contributed by atoms with van der Waals surface area (Å²) in [5.41, 5.74) is 0.956. The van der Waals surface area contributed by atoms with Gasteiger partial charge < -0.3 is 4.74 Å². The van der Waals surface area contributed by atoms with Crippen LogP contribution >= 0.6 is 0 Å². The van der Waals surface area contributed by atoms with Crippen LogP contribution in [0.1, 0.15) is 18.1 Å². The van der Waals surface area contributed by atoms with Gasteiger partial charge in [-0.25, -0.2) is 4.79 Å². The first-order valence-corrected chi connectivity index (χ1v) is 5.15. The molecular weight excluding hydrogens is 222 g/mol. The van der Waals surface area contributed by atoms with Gasteiger partial charge in [-0.2, -0.15) is 0 Å². The molecule has 0 heterocycles. The number of hydrogen-bond donors (Lipinski definition) is 0. The Hall–Kier alpha value is -2.17. The lowest BCUT2D eigenvalue weighted by Crippen LogP contribution is -1.99. The summed E-state index contributed by atoms with van der Waals surface area (Å²) in [5.74, 6) is -0.511. The van der Waals surface area contributed by atoms with E-state index in [1.54, 1.807) is 32.0 Å². The van der Waals surface area contributed by atoms with Crippen molar-refractivity contribution >= 4 is 17.7 Å². The SMILES string of the molecule is CCOC(=O)/C=C/c1cccc(C)c1[N+](=O)[O-]. The molecule has 5 nitrogen and oxygen atoms in total. The van der Waals surface area contributed by atoms with Crippen molar-refractivity contribution in [1.82, 2.24) is 0 Å². The number of aryl methyl sites for hydroxylation is 1. The minimum Gasteiger partial charge on any atom is -0.463 e. The zero-order valence-corrected chi connectivity index (χ0v) is 9.67. The number of ether oxygens (including phenoxy) is 1. The van der Waals surface area contributed by atoms with Crippen molar-refractivity contribution in [3.05, 3.63) is 45.5 Å². The molecule has 1 rings (SSSR count). The third kappa shape index (κ3) is 3.41. The molecule has 0 aliphatic carbocycles. The zero-order chi connectivity index (χ0) is 12.8. The van der Waals surface area contributed by atoms with Gasteiger partial charge in [0.2, 0.25) is 0 Å². The number of esters is 1. The molecule has 0 atom stereocenters. The van der Waals surface area contributed by atoms with E-state index in [1.807, 2.05) is 0 Å². The Bertz CT molecular complexity index is 466. The first-order valence-electron chi connectivity index (χ1n) is 5.15. The second kappa shape index (κ2) is 5.79. The molecular formula is C12H13NO4. The summed E-state index contributed by atoms with van der Waals surface area (Å²) in [6.07, 6.45) is 2.58. The van der Waals surface area contributed by atoms with Crippen molar-refractivity contribution in [2.45, 2.75) is 13.8 Å². The van der Waals surface area contributed by atoms with Crippen LogP contribution in [0, 0.1) is 17.0 Å². The molecule has 5 heteroatoms. The van der Waals surface area contributed by atoms with Gasteiger partial charge in [-0.15, -0.1) is 0 Å². The van der Waals surface area contributed by atoms with Crippen molar-refractivity contribution in [3.8, 4) is 0 Å². The first-order chi connectivity index (χ1) is 8.06. The van der Waals surface area contributed by atoms with E-state index in [-0.39, 0.29) is 12.3 Å². The topological polar surface area (TPSA) is 69.4 Å². The van der Waals surface area contributed by atoms with Crippen LogP contribution in [-0.4, -0.2) is 17.5 Å². The van der Waals surface area contributed by atoms with Crippen LogP contribution in [-0.2, 0) is 9.53 Å². The van der Waals surface area contributed by atoms with E-state index in [0.717, 1.165) is 0 Å². The Morgan fingerprint density at radius 2 is 2.24 bits per heavy atom. The van der Waals surface area contributed by atoms with Gasteiger partial charge in [0.1, 0.15) is 0 Å². The van der Waals surface area contributed by atoms with Crippen molar-refractivity contribution in [3.63, 3.8) is 0 Å². The number of benzene rings is 1. The fraction of sp³-hybridized carbons (Fsp3) is 0.250. The minimum absolute atomic E-state index is 0.00745. The summed E-state index contributed by atoms with van der Waals surface area (Å²) in [6, 6.07) is 4.94. The van der Waals surface area contributed by atoms with Crippen molar-refractivity contribution in [1.29, 1.82) is 0 Å². The maximum absolute atomic E-state index is 11.1. The molecule has 0 saturated carbocycles. The number of nitro groups is 1. The Labute approximate surface area is 98.9 Å². The molecule has 1 aromatic rings. The highest BCUT2D eigenvalue weighted by molar-refractivity contribution is 5.88. The molecule has 0 amide bonds. The average Bonchev–Trinajstić information content (AvgIpc) is 2.26. The van der Waals surface area contributed by atoms with Crippen LogP contribution in [0.5, 0.6) is 0 Å². The second-order valence-electron chi connectivity index (χ2n) is 3.36. The molecule has 0 radical (unpaired) electrons. The lowest BCUT2D eigenvalue weighted by Gasteiger charge is -2.00. The van der Waals surface area contributed by atoms with E-state index in [4.69, 9.17) is 4.74 Å². The molecule has 0 unspecified atom stereocenters. The molecule has 0 fully saturated rings. The maximum atomic E-state index is 11.1. The molecule has 0 bridgehead atoms. The Morgan fingerprint density at radius 3 is 2.82 bits per heavy atom. The van der Waals surface area contributed by atoms with Gasteiger partial charge in [0.15, 0.2) is 0 Å². The van der Waals surface area contributed by atoms with Gasteiger partial charge in [-0.1, -0.05) is 12.1 Å². The van der Waals surface area contributed by atoms with Crippen LogP contribution in [0.3, 0.4) is 0 Å². The van der Waals surface area contributed by atoms with Crippen molar-refractivity contribution in [2.24, 2.45) is 0 Å². The fourth-order valence-corrected chi connectivity index (χ4v) is 1.41. The first kappa shape index (κ1) is 12.9. The van der Waals surface area contributed by atoms with Crippen molar-refractivity contribution in [2.75, 3.05) is 6.61 Å². The predicted molar refractivity (Wildman–Crippen MR) is 63.5 cm³/mol. The van der Waals surface area contributed by atoms with Gasteiger partial charge >= 0.3 is 5.97 Å². The standard InChI is InChI=1S/C12H13NO4/c1-3-17-11(14)8-7-10-6-4-5-9(2)12(10)13(15)16/h4-8H,3H2,1-2H3/b8-7+. The highest BCUT2D eigenvalue weighted by Crippen LogP contribution is 2.24. The molecule has 1 aromatic carbocycles. The number of rotatable bonds is 4. The lowest BCUT2D eigenvalue weighted by atomic mass is 10.1. The van der Waals surface area contributed by atoms with E-state index >= 15 is 0 Å². The summed E-state index contributed by atoms with van der Waals surface area (Å²) in [5, 5.41) is 10.9.